The quantitative estimate of drug-likeness (QED) is 0.755. The van der Waals surface area contributed by atoms with Crippen molar-refractivity contribution < 1.29 is 9.59 Å². The highest BCUT2D eigenvalue weighted by molar-refractivity contribution is 7.13. The summed E-state index contributed by atoms with van der Waals surface area (Å²) >= 11 is 1.58. The van der Waals surface area contributed by atoms with Gasteiger partial charge in [0.25, 0.3) is 5.91 Å². The van der Waals surface area contributed by atoms with Crippen LogP contribution in [0.4, 0.5) is 11.4 Å². The molecule has 6 heteroatoms. The lowest BCUT2D eigenvalue weighted by Gasteiger charge is -2.07. The molecule has 24 heavy (non-hydrogen) atoms. The van der Waals surface area contributed by atoms with Crippen LogP contribution in [0.5, 0.6) is 0 Å². The van der Waals surface area contributed by atoms with Crippen LogP contribution in [0.2, 0.25) is 0 Å². The van der Waals surface area contributed by atoms with E-state index in [0.29, 0.717) is 17.1 Å². The molecule has 3 aromatic rings. The Hall–Kier alpha value is -2.99. The molecule has 2 amide bonds. The lowest BCUT2D eigenvalue weighted by Crippen LogP contribution is -2.14. The topological polar surface area (TPSA) is 71.1 Å². The van der Waals surface area contributed by atoms with Crippen molar-refractivity contribution in [2.45, 2.75) is 6.92 Å². The van der Waals surface area contributed by atoms with Gasteiger partial charge in [0.15, 0.2) is 0 Å². The number of thiophene rings is 1. The van der Waals surface area contributed by atoms with Crippen LogP contribution in [0, 0.1) is 0 Å². The Balaban J connectivity index is 1.73. The van der Waals surface area contributed by atoms with Crippen LogP contribution in [0.25, 0.3) is 10.6 Å². The highest BCUT2D eigenvalue weighted by Gasteiger charge is 2.10. The molecular weight excluding hydrogens is 322 g/mol. The highest BCUT2D eigenvalue weighted by Crippen LogP contribution is 2.23. The van der Waals surface area contributed by atoms with Crippen molar-refractivity contribution in [3.05, 3.63) is 65.7 Å². The van der Waals surface area contributed by atoms with Crippen molar-refractivity contribution in [1.29, 1.82) is 0 Å². The van der Waals surface area contributed by atoms with E-state index in [-0.39, 0.29) is 11.8 Å². The van der Waals surface area contributed by atoms with Crippen molar-refractivity contribution in [3.63, 3.8) is 0 Å². The Bertz CT molecular complexity index is 858. The second-order valence-electron chi connectivity index (χ2n) is 5.10. The van der Waals surface area contributed by atoms with Gasteiger partial charge in [-0.25, -0.2) is 4.98 Å². The molecule has 0 saturated carbocycles. The van der Waals surface area contributed by atoms with Crippen LogP contribution < -0.4 is 10.6 Å². The average Bonchev–Trinajstić information content (AvgIpc) is 3.11. The number of anilines is 2. The first-order chi connectivity index (χ1) is 11.6. The van der Waals surface area contributed by atoms with Crippen molar-refractivity contribution in [1.82, 2.24) is 4.98 Å². The third-order valence-corrected chi connectivity index (χ3v) is 4.11. The van der Waals surface area contributed by atoms with Gasteiger partial charge in [-0.1, -0.05) is 12.1 Å². The van der Waals surface area contributed by atoms with E-state index in [2.05, 4.69) is 15.6 Å². The van der Waals surface area contributed by atoms with Gasteiger partial charge in [-0.05, 0) is 47.8 Å². The Kier molecular flexibility index (Phi) is 4.67. The van der Waals surface area contributed by atoms with Gasteiger partial charge in [0, 0.05) is 18.3 Å². The molecule has 5 nitrogen and oxygen atoms in total. The zero-order chi connectivity index (χ0) is 16.9. The molecule has 2 aromatic heterocycles. The molecule has 0 aliphatic carbocycles. The molecule has 2 heterocycles. The molecular formula is C18H15N3O2S. The minimum atomic E-state index is -0.277. The number of amides is 2. The van der Waals surface area contributed by atoms with E-state index in [1.165, 1.54) is 6.92 Å². The average molecular weight is 337 g/mol. The summed E-state index contributed by atoms with van der Waals surface area (Å²) in [6.45, 7) is 1.45. The van der Waals surface area contributed by atoms with E-state index >= 15 is 0 Å². The Labute approximate surface area is 143 Å². The molecule has 0 radical (unpaired) electrons. The molecule has 0 saturated heterocycles. The van der Waals surface area contributed by atoms with Crippen LogP contribution in [0.15, 0.2) is 60.0 Å². The van der Waals surface area contributed by atoms with Crippen LogP contribution in [-0.2, 0) is 4.79 Å². The van der Waals surface area contributed by atoms with Crippen molar-refractivity contribution in [3.8, 4) is 10.6 Å². The first-order valence-electron chi connectivity index (χ1n) is 7.32. The summed E-state index contributed by atoms with van der Waals surface area (Å²) in [5.41, 5.74) is 2.45. The maximum absolute atomic E-state index is 12.4. The molecule has 0 aliphatic rings. The second kappa shape index (κ2) is 7.06. The van der Waals surface area contributed by atoms with E-state index < -0.39 is 0 Å². The van der Waals surface area contributed by atoms with Gasteiger partial charge in [0.2, 0.25) is 5.91 Å². The zero-order valence-corrected chi connectivity index (χ0v) is 13.8. The highest BCUT2D eigenvalue weighted by atomic mass is 32.1. The number of hydrogen-bond acceptors (Lipinski definition) is 4. The summed E-state index contributed by atoms with van der Waals surface area (Å²) in [5, 5.41) is 7.45. The molecule has 0 spiro atoms. The number of carbonyl (C=O) groups is 2. The fourth-order valence-corrected chi connectivity index (χ4v) is 2.85. The molecule has 0 atom stereocenters. The monoisotopic (exact) mass is 337 g/mol. The first kappa shape index (κ1) is 15.9. The number of carbonyl (C=O) groups excluding carboxylic acids is 2. The van der Waals surface area contributed by atoms with Crippen molar-refractivity contribution >= 4 is 34.5 Å². The maximum atomic E-state index is 12.4. The third-order valence-electron chi connectivity index (χ3n) is 3.22. The van der Waals surface area contributed by atoms with Crippen LogP contribution in [0.3, 0.4) is 0 Å². The molecule has 0 fully saturated rings. The minimum Gasteiger partial charge on any atom is -0.326 e. The minimum absolute atomic E-state index is 0.138. The largest absolute Gasteiger partial charge is 0.326 e. The molecule has 1 aromatic carbocycles. The summed E-state index contributed by atoms with van der Waals surface area (Å²) in [5.74, 6) is -0.415. The SMILES string of the molecule is CC(=O)Nc1ccc(NC(=O)c2cccc(-c3cccs3)n2)cc1. The smallest absolute Gasteiger partial charge is 0.274 e. The fraction of sp³-hybridized carbons (Fsp3) is 0.0556. The number of pyridine rings is 1. The van der Waals surface area contributed by atoms with Crippen LogP contribution in [0.1, 0.15) is 17.4 Å². The van der Waals surface area contributed by atoms with Crippen LogP contribution >= 0.6 is 11.3 Å². The maximum Gasteiger partial charge on any atom is 0.274 e. The van der Waals surface area contributed by atoms with E-state index in [0.717, 1.165) is 10.6 Å². The standard InChI is InChI=1S/C18H15N3O2S/c1-12(22)19-13-7-9-14(10-8-13)20-18(23)16-5-2-4-15(21-16)17-6-3-11-24-17/h2-11H,1H3,(H,19,22)(H,20,23). The normalized spacial score (nSPS) is 10.2. The fourth-order valence-electron chi connectivity index (χ4n) is 2.16. The number of hydrogen-bond donors (Lipinski definition) is 2. The first-order valence-corrected chi connectivity index (χ1v) is 8.20. The van der Waals surface area contributed by atoms with Gasteiger partial charge in [-0.15, -0.1) is 11.3 Å². The molecule has 120 valence electrons. The van der Waals surface area contributed by atoms with Gasteiger partial charge in [-0.2, -0.15) is 0 Å². The number of nitrogens with one attached hydrogen (secondary N) is 2. The Morgan fingerprint density at radius 1 is 0.917 bits per heavy atom. The predicted molar refractivity (Wildman–Crippen MR) is 96.2 cm³/mol. The molecule has 2 N–H and O–H groups in total. The Morgan fingerprint density at radius 3 is 2.25 bits per heavy atom. The number of nitrogens with zero attached hydrogens (tertiary/aromatic N) is 1. The Morgan fingerprint density at radius 2 is 1.62 bits per heavy atom. The number of benzene rings is 1. The summed E-state index contributed by atoms with van der Waals surface area (Å²) in [6.07, 6.45) is 0. The molecule has 0 bridgehead atoms. The lowest BCUT2D eigenvalue weighted by molar-refractivity contribution is -0.114. The van der Waals surface area contributed by atoms with Gasteiger partial charge in [0.05, 0.1) is 10.6 Å². The van der Waals surface area contributed by atoms with E-state index in [9.17, 15) is 9.59 Å². The molecule has 0 unspecified atom stereocenters. The van der Waals surface area contributed by atoms with Gasteiger partial charge in [0.1, 0.15) is 5.69 Å². The van der Waals surface area contributed by atoms with Gasteiger partial charge >= 0.3 is 0 Å². The predicted octanol–water partition coefficient (Wildman–Crippen LogP) is 4.02. The van der Waals surface area contributed by atoms with E-state index in [1.807, 2.05) is 29.6 Å². The summed E-state index contributed by atoms with van der Waals surface area (Å²) < 4.78 is 0. The second-order valence-corrected chi connectivity index (χ2v) is 6.05. The molecule has 3 rings (SSSR count). The van der Waals surface area contributed by atoms with Crippen molar-refractivity contribution in [2.24, 2.45) is 0 Å². The third kappa shape index (κ3) is 3.85. The van der Waals surface area contributed by atoms with Gasteiger partial charge < -0.3 is 10.6 Å². The van der Waals surface area contributed by atoms with Crippen LogP contribution in [-0.4, -0.2) is 16.8 Å². The summed E-state index contributed by atoms with van der Waals surface area (Å²) in [6, 6.07) is 16.2. The van der Waals surface area contributed by atoms with E-state index in [1.54, 1.807) is 41.7 Å². The van der Waals surface area contributed by atoms with Gasteiger partial charge in [-0.3, -0.25) is 9.59 Å². The lowest BCUT2D eigenvalue weighted by atomic mass is 10.2. The molecule has 0 aliphatic heterocycles. The van der Waals surface area contributed by atoms with E-state index in [4.69, 9.17) is 0 Å². The van der Waals surface area contributed by atoms with Crippen molar-refractivity contribution in [2.75, 3.05) is 10.6 Å². The number of aromatic nitrogens is 1. The zero-order valence-electron chi connectivity index (χ0n) is 12.9. The summed E-state index contributed by atoms with van der Waals surface area (Å²) in [4.78, 5) is 28.8. The summed E-state index contributed by atoms with van der Waals surface area (Å²) in [7, 11) is 0. The number of rotatable bonds is 4.